The van der Waals surface area contributed by atoms with Gasteiger partial charge < -0.3 is 0 Å². The summed E-state index contributed by atoms with van der Waals surface area (Å²) in [5, 5.41) is 5.47. The van der Waals surface area contributed by atoms with Crippen LogP contribution in [0.3, 0.4) is 0 Å². The van der Waals surface area contributed by atoms with E-state index in [9.17, 15) is 8.42 Å². The predicted octanol–water partition coefficient (Wildman–Crippen LogP) is 6.15. The molecule has 168 valence electrons. The fourth-order valence-corrected chi connectivity index (χ4v) is 5.88. The summed E-state index contributed by atoms with van der Waals surface area (Å²) in [6.07, 6.45) is 1.62. The molecular weight excluding hydrogens is 440 g/mol. The summed E-state index contributed by atoms with van der Waals surface area (Å²) >= 11 is 1.63. The first kappa shape index (κ1) is 22.5. The van der Waals surface area contributed by atoms with Crippen LogP contribution < -0.4 is 4.72 Å². The van der Waals surface area contributed by atoms with Gasteiger partial charge in [0.1, 0.15) is 9.90 Å². The molecule has 2 heterocycles. The molecule has 0 unspecified atom stereocenters. The van der Waals surface area contributed by atoms with E-state index >= 15 is 0 Å². The van der Waals surface area contributed by atoms with Crippen molar-refractivity contribution in [3.8, 4) is 10.6 Å². The smallest absolute Gasteiger partial charge is 0.265 e. The number of benzene rings is 2. The molecule has 2 aromatic carbocycles. The maximum Gasteiger partial charge on any atom is 0.265 e. The SMILES string of the molecule is Cc1ccc2nc(-c3ccc(NS(=O)(=O)c4cn(C(C)C)nc4C(C)(C)C)cc3)sc2c1. The molecule has 2 aromatic heterocycles. The number of rotatable bonds is 5. The molecule has 0 aliphatic carbocycles. The lowest BCUT2D eigenvalue weighted by molar-refractivity contribution is 0.493. The first-order chi connectivity index (χ1) is 14.9. The van der Waals surface area contributed by atoms with E-state index in [0.717, 1.165) is 20.8 Å². The van der Waals surface area contributed by atoms with Crippen LogP contribution in [0.1, 0.15) is 51.9 Å². The zero-order valence-electron chi connectivity index (χ0n) is 19.2. The maximum absolute atomic E-state index is 13.2. The van der Waals surface area contributed by atoms with E-state index < -0.39 is 15.4 Å². The Labute approximate surface area is 193 Å². The van der Waals surface area contributed by atoms with E-state index in [1.54, 1.807) is 34.3 Å². The number of aromatic nitrogens is 3. The van der Waals surface area contributed by atoms with Gasteiger partial charge >= 0.3 is 0 Å². The van der Waals surface area contributed by atoms with E-state index in [1.165, 1.54) is 5.56 Å². The second kappa shape index (κ2) is 8.01. The van der Waals surface area contributed by atoms with E-state index in [4.69, 9.17) is 4.98 Å². The summed E-state index contributed by atoms with van der Waals surface area (Å²) in [5.74, 6) is 0. The van der Waals surface area contributed by atoms with Crippen LogP contribution >= 0.6 is 11.3 Å². The molecule has 4 rings (SSSR count). The van der Waals surface area contributed by atoms with Crippen molar-refractivity contribution in [1.29, 1.82) is 0 Å². The number of sulfonamides is 1. The van der Waals surface area contributed by atoms with Crippen molar-refractivity contribution in [2.75, 3.05) is 4.72 Å². The summed E-state index contributed by atoms with van der Waals surface area (Å²) in [5.41, 5.74) is 3.78. The molecule has 32 heavy (non-hydrogen) atoms. The molecule has 0 fully saturated rings. The van der Waals surface area contributed by atoms with Gasteiger partial charge in [-0.1, -0.05) is 26.8 Å². The zero-order valence-corrected chi connectivity index (χ0v) is 20.8. The van der Waals surface area contributed by atoms with Crippen molar-refractivity contribution in [3.63, 3.8) is 0 Å². The van der Waals surface area contributed by atoms with Crippen molar-refractivity contribution in [3.05, 3.63) is 59.9 Å². The van der Waals surface area contributed by atoms with E-state index in [1.807, 2.05) is 52.8 Å². The third kappa shape index (κ3) is 4.42. The zero-order chi connectivity index (χ0) is 23.3. The average molecular weight is 469 g/mol. The van der Waals surface area contributed by atoms with E-state index in [2.05, 4.69) is 28.9 Å². The van der Waals surface area contributed by atoms with Crippen molar-refractivity contribution in [1.82, 2.24) is 14.8 Å². The van der Waals surface area contributed by atoms with Crippen LogP contribution in [-0.2, 0) is 15.4 Å². The van der Waals surface area contributed by atoms with Crippen molar-refractivity contribution >= 4 is 37.3 Å². The second-order valence-corrected chi connectivity index (χ2v) is 12.0. The molecule has 1 N–H and O–H groups in total. The largest absolute Gasteiger partial charge is 0.280 e. The highest BCUT2D eigenvalue weighted by Gasteiger charge is 2.30. The minimum atomic E-state index is -3.79. The Morgan fingerprint density at radius 3 is 2.38 bits per heavy atom. The lowest BCUT2D eigenvalue weighted by Crippen LogP contribution is -2.20. The molecule has 0 bridgehead atoms. The molecule has 0 aliphatic rings. The highest BCUT2D eigenvalue weighted by atomic mass is 32.2. The highest BCUT2D eigenvalue weighted by Crippen LogP contribution is 2.33. The molecule has 0 saturated heterocycles. The third-order valence-electron chi connectivity index (χ3n) is 5.16. The topological polar surface area (TPSA) is 76.9 Å². The summed E-state index contributed by atoms with van der Waals surface area (Å²) in [4.78, 5) is 4.91. The Morgan fingerprint density at radius 1 is 1.06 bits per heavy atom. The minimum absolute atomic E-state index is 0.0666. The monoisotopic (exact) mass is 468 g/mol. The number of aryl methyl sites for hydroxylation is 1. The molecule has 0 aliphatic heterocycles. The maximum atomic E-state index is 13.2. The molecule has 6 nitrogen and oxygen atoms in total. The molecule has 0 radical (unpaired) electrons. The van der Waals surface area contributed by atoms with Gasteiger partial charge in [-0.2, -0.15) is 5.10 Å². The van der Waals surface area contributed by atoms with Gasteiger partial charge in [0.25, 0.3) is 10.0 Å². The Hall–Kier alpha value is -2.71. The molecule has 0 amide bonds. The number of nitrogens with one attached hydrogen (secondary N) is 1. The molecule has 0 atom stereocenters. The Bertz CT molecular complexity index is 1380. The Morgan fingerprint density at radius 2 is 1.75 bits per heavy atom. The summed E-state index contributed by atoms with van der Waals surface area (Å²) < 4.78 is 32.0. The standard InChI is InChI=1S/C24H28N4O2S2/c1-15(2)28-14-21(22(26-28)24(4,5)6)32(29,30)27-18-10-8-17(9-11-18)23-25-19-12-7-16(3)13-20(19)31-23/h7-15,27H,1-6H3. The van der Waals surface area contributed by atoms with Crippen LogP contribution in [0.15, 0.2) is 53.6 Å². The number of nitrogens with zero attached hydrogens (tertiary/aromatic N) is 3. The summed E-state index contributed by atoms with van der Waals surface area (Å²) in [6.45, 7) is 11.9. The second-order valence-electron chi connectivity index (χ2n) is 9.34. The van der Waals surface area contributed by atoms with Gasteiger partial charge in [-0.05, 0) is 62.7 Å². The van der Waals surface area contributed by atoms with Crippen molar-refractivity contribution in [2.24, 2.45) is 0 Å². The van der Waals surface area contributed by atoms with Crippen LogP contribution in [0.5, 0.6) is 0 Å². The van der Waals surface area contributed by atoms with Gasteiger partial charge in [0.2, 0.25) is 0 Å². The van der Waals surface area contributed by atoms with Crippen LogP contribution in [0.4, 0.5) is 5.69 Å². The summed E-state index contributed by atoms with van der Waals surface area (Å²) in [6, 6.07) is 13.6. The first-order valence-corrected chi connectivity index (χ1v) is 12.8. The molecule has 0 saturated carbocycles. The number of anilines is 1. The van der Waals surface area contributed by atoms with E-state index in [0.29, 0.717) is 11.4 Å². The number of fused-ring (bicyclic) bond motifs is 1. The van der Waals surface area contributed by atoms with Crippen LogP contribution in [0.2, 0.25) is 0 Å². The van der Waals surface area contributed by atoms with Crippen molar-refractivity contribution < 1.29 is 8.42 Å². The number of hydrogen-bond acceptors (Lipinski definition) is 5. The van der Waals surface area contributed by atoms with Gasteiger partial charge in [0.15, 0.2) is 0 Å². The predicted molar refractivity (Wildman–Crippen MR) is 132 cm³/mol. The van der Waals surface area contributed by atoms with Gasteiger partial charge in [0.05, 0.1) is 15.9 Å². The molecule has 4 aromatic rings. The van der Waals surface area contributed by atoms with Gasteiger partial charge in [0, 0.05) is 28.9 Å². The lowest BCUT2D eigenvalue weighted by Gasteiger charge is -2.18. The van der Waals surface area contributed by atoms with Crippen LogP contribution in [-0.4, -0.2) is 23.2 Å². The minimum Gasteiger partial charge on any atom is -0.280 e. The molecular formula is C24H28N4O2S2. The highest BCUT2D eigenvalue weighted by molar-refractivity contribution is 7.92. The van der Waals surface area contributed by atoms with Gasteiger partial charge in [-0.3, -0.25) is 9.40 Å². The average Bonchev–Trinajstić information content (AvgIpc) is 3.33. The lowest BCUT2D eigenvalue weighted by atomic mass is 9.92. The number of thiazole rings is 1. The molecule has 0 spiro atoms. The summed E-state index contributed by atoms with van der Waals surface area (Å²) in [7, 11) is -3.79. The fraction of sp³-hybridized carbons (Fsp3) is 0.333. The van der Waals surface area contributed by atoms with Crippen LogP contribution in [0, 0.1) is 6.92 Å². The normalized spacial score (nSPS) is 12.6. The first-order valence-electron chi connectivity index (χ1n) is 10.5. The third-order valence-corrected chi connectivity index (χ3v) is 7.60. The van der Waals surface area contributed by atoms with Gasteiger partial charge in [-0.25, -0.2) is 13.4 Å². The van der Waals surface area contributed by atoms with Crippen LogP contribution in [0.25, 0.3) is 20.8 Å². The fourth-order valence-electron chi connectivity index (χ4n) is 3.40. The number of hydrogen-bond donors (Lipinski definition) is 1. The van der Waals surface area contributed by atoms with Crippen molar-refractivity contribution in [2.45, 2.75) is 57.9 Å². The quantitative estimate of drug-likeness (QED) is 0.381. The Balaban J connectivity index is 1.63. The Kier molecular flexibility index (Phi) is 5.63. The van der Waals surface area contributed by atoms with E-state index in [-0.39, 0.29) is 10.9 Å². The molecule has 8 heteroatoms. The van der Waals surface area contributed by atoms with Gasteiger partial charge in [-0.15, -0.1) is 11.3 Å².